The minimum Gasteiger partial charge on any atom is -0.272 e. The van der Waals surface area contributed by atoms with Gasteiger partial charge in [0.15, 0.2) is 0 Å². The molecule has 2 aliphatic rings. The summed E-state index contributed by atoms with van der Waals surface area (Å²) >= 11 is 0. The lowest BCUT2D eigenvalue weighted by Crippen LogP contribution is -2.28. The second-order valence-electron chi connectivity index (χ2n) is 4.82. The third-order valence-electron chi connectivity index (χ3n) is 3.60. The smallest absolute Gasteiger partial charge is 0.271 e. The van der Waals surface area contributed by atoms with Gasteiger partial charge in [-0.15, -0.1) is 0 Å². The van der Waals surface area contributed by atoms with E-state index < -0.39 is 4.92 Å². The molecule has 1 amide bonds. The predicted octanol–water partition coefficient (Wildman–Crippen LogP) is 2.49. The summed E-state index contributed by atoms with van der Waals surface area (Å²) in [5.41, 5.74) is 1.37. The van der Waals surface area contributed by atoms with Crippen LogP contribution < -0.4 is 5.01 Å². The molecule has 1 saturated carbocycles. The number of benzene rings is 1. The third kappa shape index (κ3) is 1.99. The first-order valence-corrected chi connectivity index (χ1v) is 6.32. The molecule has 0 saturated heterocycles. The number of nitro benzene ring substituents is 1. The summed E-state index contributed by atoms with van der Waals surface area (Å²) in [6.07, 6.45) is 3.79. The second kappa shape index (κ2) is 4.46. The highest BCUT2D eigenvalue weighted by molar-refractivity contribution is 6.15. The van der Waals surface area contributed by atoms with Gasteiger partial charge in [0.25, 0.3) is 11.6 Å². The normalized spacial score (nSPS) is 22.1. The number of rotatable bonds is 2. The van der Waals surface area contributed by atoms with E-state index in [9.17, 15) is 14.9 Å². The molecule has 1 aromatic rings. The molecule has 0 spiro atoms. The van der Waals surface area contributed by atoms with E-state index in [0.717, 1.165) is 31.4 Å². The van der Waals surface area contributed by atoms with Gasteiger partial charge < -0.3 is 0 Å². The monoisotopic (exact) mass is 259 g/mol. The van der Waals surface area contributed by atoms with Crippen LogP contribution in [0.3, 0.4) is 0 Å². The summed E-state index contributed by atoms with van der Waals surface area (Å²) in [5, 5.41) is 16.4. The highest BCUT2D eigenvalue weighted by Gasteiger charge is 2.37. The molecule has 19 heavy (non-hydrogen) atoms. The van der Waals surface area contributed by atoms with Gasteiger partial charge in [0.2, 0.25) is 0 Å². The van der Waals surface area contributed by atoms with Gasteiger partial charge in [0.1, 0.15) is 0 Å². The minimum atomic E-state index is -0.468. The van der Waals surface area contributed by atoms with E-state index in [1.807, 2.05) is 0 Å². The Labute approximate surface area is 109 Å². The number of hydrazone groups is 1. The van der Waals surface area contributed by atoms with Crippen molar-refractivity contribution in [2.24, 2.45) is 11.0 Å². The van der Waals surface area contributed by atoms with Crippen LogP contribution in [0, 0.1) is 16.0 Å². The number of anilines is 1. The fourth-order valence-corrected chi connectivity index (χ4v) is 2.63. The highest BCUT2D eigenvalue weighted by atomic mass is 16.6. The van der Waals surface area contributed by atoms with Crippen LogP contribution in [0.2, 0.25) is 0 Å². The quantitative estimate of drug-likeness (QED) is 0.604. The summed E-state index contributed by atoms with van der Waals surface area (Å²) in [5.74, 6) is -0.178. The minimum absolute atomic E-state index is 0.0274. The molecule has 0 N–H and O–H groups in total. The summed E-state index contributed by atoms with van der Waals surface area (Å²) in [7, 11) is 0. The number of carbonyl (C=O) groups excluding carboxylic acids is 1. The SMILES string of the molecule is O=C1C2CCCCC2=NN1c1cccc([N+](=O)[O-])c1. The van der Waals surface area contributed by atoms with Gasteiger partial charge in [-0.1, -0.05) is 12.5 Å². The molecular weight excluding hydrogens is 246 g/mol. The van der Waals surface area contributed by atoms with E-state index >= 15 is 0 Å². The van der Waals surface area contributed by atoms with E-state index in [2.05, 4.69) is 5.10 Å². The van der Waals surface area contributed by atoms with Crippen LogP contribution in [0.25, 0.3) is 0 Å². The van der Waals surface area contributed by atoms with Crippen molar-refractivity contribution >= 4 is 23.0 Å². The topological polar surface area (TPSA) is 75.8 Å². The fraction of sp³-hybridized carbons (Fsp3) is 0.385. The molecule has 1 atom stereocenters. The first-order chi connectivity index (χ1) is 9.16. The lowest BCUT2D eigenvalue weighted by Gasteiger charge is -2.16. The maximum absolute atomic E-state index is 12.3. The molecular formula is C13H13N3O3. The Morgan fingerprint density at radius 1 is 1.37 bits per heavy atom. The second-order valence-corrected chi connectivity index (χ2v) is 4.82. The van der Waals surface area contributed by atoms with Crippen LogP contribution in [0.1, 0.15) is 25.7 Å². The summed E-state index contributed by atoms with van der Waals surface area (Å²) in [4.78, 5) is 22.6. The first-order valence-electron chi connectivity index (χ1n) is 6.32. The average molecular weight is 259 g/mol. The molecule has 6 nitrogen and oxygen atoms in total. The first kappa shape index (κ1) is 11.8. The maximum Gasteiger partial charge on any atom is 0.271 e. The number of nitrogens with zero attached hydrogens (tertiary/aromatic N) is 3. The number of amides is 1. The molecule has 3 rings (SSSR count). The molecule has 0 bridgehead atoms. The fourth-order valence-electron chi connectivity index (χ4n) is 2.63. The van der Waals surface area contributed by atoms with E-state index in [0.29, 0.717) is 5.69 Å². The standard InChI is InChI=1S/C13H13N3O3/c17-13-11-6-1-2-7-12(11)14-15(13)9-4-3-5-10(8-9)16(18)19/h3-5,8,11H,1-2,6-7H2. The van der Waals surface area contributed by atoms with Gasteiger partial charge in [0.05, 0.1) is 22.2 Å². The molecule has 98 valence electrons. The molecule has 1 fully saturated rings. The van der Waals surface area contributed by atoms with E-state index in [4.69, 9.17) is 0 Å². The third-order valence-corrected chi connectivity index (χ3v) is 3.60. The number of hydrogen-bond donors (Lipinski definition) is 0. The average Bonchev–Trinajstić information content (AvgIpc) is 2.77. The molecule has 1 unspecified atom stereocenters. The Kier molecular flexibility index (Phi) is 2.77. The molecule has 1 heterocycles. The van der Waals surface area contributed by atoms with Crippen molar-refractivity contribution in [3.8, 4) is 0 Å². The van der Waals surface area contributed by atoms with Crippen LogP contribution in [-0.4, -0.2) is 16.5 Å². The summed E-state index contributed by atoms with van der Waals surface area (Å²) in [6.45, 7) is 0. The van der Waals surface area contributed by atoms with Crippen molar-refractivity contribution in [3.05, 3.63) is 34.4 Å². The lowest BCUT2D eigenvalue weighted by molar-refractivity contribution is -0.384. The van der Waals surface area contributed by atoms with Crippen molar-refractivity contribution in [2.75, 3.05) is 5.01 Å². The van der Waals surface area contributed by atoms with Crippen molar-refractivity contribution < 1.29 is 9.72 Å². The largest absolute Gasteiger partial charge is 0.272 e. The number of non-ortho nitro benzene ring substituents is 1. The maximum atomic E-state index is 12.3. The molecule has 0 radical (unpaired) electrons. The Balaban J connectivity index is 1.94. The number of nitro groups is 1. The van der Waals surface area contributed by atoms with Gasteiger partial charge in [-0.3, -0.25) is 14.9 Å². The van der Waals surface area contributed by atoms with Crippen LogP contribution in [0.5, 0.6) is 0 Å². The van der Waals surface area contributed by atoms with Crippen molar-refractivity contribution in [1.82, 2.24) is 0 Å². The molecule has 1 aliphatic heterocycles. The van der Waals surface area contributed by atoms with Gasteiger partial charge in [-0.25, -0.2) is 0 Å². The zero-order valence-electron chi connectivity index (χ0n) is 10.3. The Bertz CT molecular complexity index is 582. The van der Waals surface area contributed by atoms with E-state index in [1.165, 1.54) is 17.1 Å². The van der Waals surface area contributed by atoms with Gasteiger partial charge in [-0.05, 0) is 25.3 Å². The van der Waals surface area contributed by atoms with Crippen LogP contribution in [-0.2, 0) is 4.79 Å². The van der Waals surface area contributed by atoms with Crippen molar-refractivity contribution in [3.63, 3.8) is 0 Å². The van der Waals surface area contributed by atoms with E-state index in [-0.39, 0.29) is 17.5 Å². The van der Waals surface area contributed by atoms with Crippen LogP contribution in [0.4, 0.5) is 11.4 Å². The number of hydrogen-bond acceptors (Lipinski definition) is 4. The van der Waals surface area contributed by atoms with Gasteiger partial charge in [-0.2, -0.15) is 10.1 Å². The predicted molar refractivity (Wildman–Crippen MR) is 70.0 cm³/mol. The number of fused-ring (bicyclic) bond motifs is 1. The van der Waals surface area contributed by atoms with Crippen molar-refractivity contribution in [1.29, 1.82) is 0 Å². The van der Waals surface area contributed by atoms with Gasteiger partial charge in [0, 0.05) is 12.1 Å². The molecule has 0 aromatic heterocycles. The molecule has 1 aromatic carbocycles. The Morgan fingerprint density at radius 3 is 2.95 bits per heavy atom. The Hall–Kier alpha value is -2.24. The van der Waals surface area contributed by atoms with E-state index in [1.54, 1.807) is 12.1 Å². The number of carbonyl (C=O) groups is 1. The summed E-state index contributed by atoms with van der Waals surface area (Å²) in [6, 6.07) is 6.04. The molecule has 6 heteroatoms. The zero-order valence-corrected chi connectivity index (χ0v) is 10.3. The Morgan fingerprint density at radius 2 is 2.21 bits per heavy atom. The van der Waals surface area contributed by atoms with Crippen molar-refractivity contribution in [2.45, 2.75) is 25.7 Å². The highest BCUT2D eigenvalue weighted by Crippen LogP contribution is 2.33. The van der Waals surface area contributed by atoms with Gasteiger partial charge >= 0.3 is 0 Å². The summed E-state index contributed by atoms with van der Waals surface area (Å²) < 4.78 is 0. The van der Waals surface area contributed by atoms with Crippen LogP contribution >= 0.6 is 0 Å². The van der Waals surface area contributed by atoms with Crippen LogP contribution in [0.15, 0.2) is 29.4 Å². The zero-order chi connectivity index (χ0) is 13.4. The lowest BCUT2D eigenvalue weighted by atomic mass is 9.87. The molecule has 1 aliphatic carbocycles.